The van der Waals surface area contributed by atoms with Crippen molar-refractivity contribution >= 4 is 5.95 Å². The Kier molecular flexibility index (Phi) is 3.78. The summed E-state index contributed by atoms with van der Waals surface area (Å²) < 4.78 is 2.27. The number of nitrogens with zero attached hydrogens (tertiary/aromatic N) is 3. The fraction of sp³-hybridized carbons (Fsp3) is 0.800. The molecule has 1 aromatic heterocycles. The third-order valence-electron chi connectivity index (χ3n) is 4.52. The number of hydrogen-bond acceptors (Lipinski definition) is 3. The topological polar surface area (TPSA) is 33.1 Å². The first-order valence-corrected chi connectivity index (χ1v) is 7.80. The van der Waals surface area contributed by atoms with Crippen LogP contribution in [0.25, 0.3) is 0 Å². The van der Waals surface area contributed by atoms with Gasteiger partial charge in [-0.3, -0.25) is 0 Å². The van der Waals surface area contributed by atoms with E-state index < -0.39 is 0 Å². The van der Waals surface area contributed by atoms with Crippen molar-refractivity contribution in [2.24, 2.45) is 0 Å². The Balaban J connectivity index is 1.64. The number of piperidine rings is 1. The second-order valence-corrected chi connectivity index (χ2v) is 6.10. The molecule has 0 amide bonds. The van der Waals surface area contributed by atoms with Gasteiger partial charge in [-0.05, 0) is 45.6 Å². The summed E-state index contributed by atoms with van der Waals surface area (Å²) >= 11 is 0. The van der Waals surface area contributed by atoms with Crippen molar-refractivity contribution in [1.82, 2.24) is 14.5 Å². The lowest BCUT2D eigenvalue weighted by Gasteiger charge is -2.35. The third kappa shape index (κ3) is 2.78. The van der Waals surface area contributed by atoms with Gasteiger partial charge in [-0.15, -0.1) is 0 Å². The van der Waals surface area contributed by atoms with Gasteiger partial charge in [0.05, 0.1) is 5.69 Å². The van der Waals surface area contributed by atoms with Gasteiger partial charge in [-0.1, -0.05) is 6.92 Å². The number of fused-ring (bicyclic) bond motifs is 1. The van der Waals surface area contributed by atoms with Crippen LogP contribution < -0.4 is 5.32 Å². The van der Waals surface area contributed by atoms with Crippen LogP contribution in [0.15, 0.2) is 6.20 Å². The van der Waals surface area contributed by atoms with Crippen LogP contribution >= 0.6 is 0 Å². The van der Waals surface area contributed by atoms with Crippen LogP contribution in [0.4, 0.5) is 5.95 Å². The Morgan fingerprint density at radius 1 is 1.37 bits per heavy atom. The van der Waals surface area contributed by atoms with E-state index in [-0.39, 0.29) is 0 Å². The van der Waals surface area contributed by atoms with E-state index in [0.717, 1.165) is 30.6 Å². The van der Waals surface area contributed by atoms with E-state index in [9.17, 15) is 0 Å². The van der Waals surface area contributed by atoms with Gasteiger partial charge in [0.2, 0.25) is 5.95 Å². The number of rotatable bonds is 4. The lowest BCUT2D eigenvalue weighted by molar-refractivity contribution is 0.187. The van der Waals surface area contributed by atoms with Crippen molar-refractivity contribution in [2.75, 3.05) is 18.4 Å². The molecule has 0 radical (unpaired) electrons. The molecule has 2 unspecified atom stereocenters. The number of hydrogen-bond donors (Lipinski definition) is 1. The lowest BCUT2D eigenvalue weighted by atomic mass is 9.98. The highest BCUT2D eigenvalue weighted by Crippen LogP contribution is 2.28. The molecule has 4 heteroatoms. The van der Waals surface area contributed by atoms with Crippen LogP contribution in [0, 0.1) is 6.92 Å². The summed E-state index contributed by atoms with van der Waals surface area (Å²) in [5, 5.41) is 3.69. The molecule has 0 aliphatic carbocycles. The highest BCUT2D eigenvalue weighted by atomic mass is 15.2. The molecule has 2 aliphatic rings. The van der Waals surface area contributed by atoms with Crippen LogP contribution in [-0.2, 0) is 6.54 Å². The summed E-state index contributed by atoms with van der Waals surface area (Å²) in [5.41, 5.74) is 1.12. The normalized spacial score (nSPS) is 27.5. The first-order valence-electron chi connectivity index (χ1n) is 7.80. The van der Waals surface area contributed by atoms with Crippen LogP contribution in [0.5, 0.6) is 0 Å². The maximum absolute atomic E-state index is 4.65. The maximum Gasteiger partial charge on any atom is 0.203 e. The Morgan fingerprint density at radius 2 is 2.26 bits per heavy atom. The molecule has 2 aliphatic heterocycles. The largest absolute Gasteiger partial charge is 0.353 e. The average Bonchev–Trinajstić information content (AvgIpc) is 2.97. The van der Waals surface area contributed by atoms with Crippen molar-refractivity contribution in [2.45, 2.75) is 64.6 Å². The van der Waals surface area contributed by atoms with Crippen molar-refractivity contribution in [3.63, 3.8) is 0 Å². The van der Waals surface area contributed by atoms with E-state index in [1.165, 1.54) is 38.8 Å². The van der Waals surface area contributed by atoms with E-state index in [4.69, 9.17) is 0 Å². The van der Waals surface area contributed by atoms with Crippen LogP contribution in [0.3, 0.4) is 0 Å². The van der Waals surface area contributed by atoms with Crippen molar-refractivity contribution in [3.8, 4) is 0 Å². The zero-order valence-corrected chi connectivity index (χ0v) is 12.2. The molecule has 3 heterocycles. The summed E-state index contributed by atoms with van der Waals surface area (Å²) in [4.78, 5) is 7.32. The highest BCUT2D eigenvalue weighted by molar-refractivity contribution is 5.30. The number of anilines is 1. The summed E-state index contributed by atoms with van der Waals surface area (Å²) in [6, 6.07) is 1.43. The van der Waals surface area contributed by atoms with Crippen LogP contribution in [0.2, 0.25) is 0 Å². The first-order chi connectivity index (χ1) is 9.26. The Hall–Kier alpha value is -1.03. The van der Waals surface area contributed by atoms with Crippen molar-refractivity contribution in [1.29, 1.82) is 0 Å². The zero-order chi connectivity index (χ0) is 13.2. The van der Waals surface area contributed by atoms with Gasteiger partial charge in [0.15, 0.2) is 0 Å². The number of imidazole rings is 1. The van der Waals surface area contributed by atoms with Gasteiger partial charge in [-0.2, -0.15) is 0 Å². The molecule has 4 nitrogen and oxygen atoms in total. The zero-order valence-electron chi connectivity index (χ0n) is 12.2. The van der Waals surface area contributed by atoms with Gasteiger partial charge < -0.3 is 14.8 Å². The Morgan fingerprint density at radius 3 is 3.11 bits per heavy atom. The maximum atomic E-state index is 4.65. The second kappa shape index (κ2) is 5.53. The molecule has 3 rings (SSSR count). The van der Waals surface area contributed by atoms with Gasteiger partial charge in [0.25, 0.3) is 0 Å². The molecule has 0 aromatic carbocycles. The molecule has 0 bridgehead atoms. The van der Waals surface area contributed by atoms with Crippen LogP contribution in [0.1, 0.15) is 44.7 Å². The fourth-order valence-electron chi connectivity index (χ4n) is 3.61. The predicted octanol–water partition coefficient (Wildman–Crippen LogP) is 2.64. The Bertz CT molecular complexity index is 426. The van der Waals surface area contributed by atoms with E-state index in [0.29, 0.717) is 6.04 Å². The predicted molar refractivity (Wildman–Crippen MR) is 78.5 cm³/mol. The summed E-state index contributed by atoms with van der Waals surface area (Å²) in [7, 11) is 0. The SMILES string of the molecule is CCCn1cc(C)nc1NC1CCN2CCCC2C1. The summed E-state index contributed by atoms with van der Waals surface area (Å²) in [5.74, 6) is 1.08. The second-order valence-electron chi connectivity index (χ2n) is 6.10. The molecule has 1 N–H and O–H groups in total. The number of aryl methyl sites for hydroxylation is 2. The smallest absolute Gasteiger partial charge is 0.203 e. The van der Waals surface area contributed by atoms with Crippen molar-refractivity contribution in [3.05, 3.63) is 11.9 Å². The highest BCUT2D eigenvalue weighted by Gasteiger charge is 2.31. The molecule has 0 spiro atoms. The molecule has 2 fully saturated rings. The molecule has 2 atom stereocenters. The van der Waals surface area contributed by atoms with E-state index in [2.05, 4.69) is 39.8 Å². The van der Waals surface area contributed by atoms with Gasteiger partial charge in [-0.25, -0.2) is 4.98 Å². The molecular formula is C15H26N4. The minimum atomic E-state index is 0.608. The quantitative estimate of drug-likeness (QED) is 0.905. The molecule has 1 aromatic rings. The van der Waals surface area contributed by atoms with Crippen LogP contribution in [-0.4, -0.2) is 39.6 Å². The standard InChI is InChI=1S/C15H26N4/c1-3-7-19-11-12(2)16-15(19)17-13-6-9-18-8-4-5-14(18)10-13/h11,13-14H,3-10H2,1-2H3,(H,16,17). The first kappa shape index (κ1) is 13.0. The summed E-state index contributed by atoms with van der Waals surface area (Å²) in [6.45, 7) is 7.94. The molecule has 19 heavy (non-hydrogen) atoms. The molecule has 106 valence electrons. The monoisotopic (exact) mass is 262 g/mol. The minimum absolute atomic E-state index is 0.608. The van der Waals surface area contributed by atoms with E-state index >= 15 is 0 Å². The Labute approximate surface area is 116 Å². The van der Waals surface area contributed by atoms with Gasteiger partial charge in [0, 0.05) is 31.4 Å². The van der Waals surface area contributed by atoms with E-state index in [1.54, 1.807) is 0 Å². The van der Waals surface area contributed by atoms with Gasteiger partial charge >= 0.3 is 0 Å². The fourth-order valence-corrected chi connectivity index (χ4v) is 3.61. The molecule has 2 saturated heterocycles. The number of nitrogens with one attached hydrogen (secondary N) is 1. The third-order valence-corrected chi connectivity index (χ3v) is 4.52. The average molecular weight is 262 g/mol. The van der Waals surface area contributed by atoms with Crippen molar-refractivity contribution < 1.29 is 0 Å². The summed E-state index contributed by atoms with van der Waals surface area (Å²) in [6.07, 6.45) is 8.65. The number of aromatic nitrogens is 2. The minimum Gasteiger partial charge on any atom is -0.353 e. The molecular weight excluding hydrogens is 236 g/mol. The van der Waals surface area contributed by atoms with Gasteiger partial charge in [0.1, 0.15) is 0 Å². The molecule has 0 saturated carbocycles. The van der Waals surface area contributed by atoms with E-state index in [1.807, 2.05) is 0 Å². The lowest BCUT2D eigenvalue weighted by Crippen LogP contribution is -2.43.